The summed E-state index contributed by atoms with van der Waals surface area (Å²) in [6.45, 7) is 3.90. The molecule has 1 atom stereocenters. The van der Waals surface area contributed by atoms with Crippen molar-refractivity contribution < 1.29 is 26.4 Å². The number of carbonyl (C=O) groups is 1. The number of rotatable bonds is 9. The zero-order valence-corrected chi connectivity index (χ0v) is 22.1. The van der Waals surface area contributed by atoms with Gasteiger partial charge in [-0.3, -0.25) is 4.79 Å². The van der Waals surface area contributed by atoms with E-state index in [9.17, 15) is 21.6 Å². The number of hydrogen-bond donors (Lipinski definition) is 1. The van der Waals surface area contributed by atoms with Gasteiger partial charge in [0.15, 0.2) is 5.78 Å². The van der Waals surface area contributed by atoms with Crippen molar-refractivity contribution in [1.82, 2.24) is 8.61 Å². The maximum atomic E-state index is 13.1. The van der Waals surface area contributed by atoms with Crippen molar-refractivity contribution in [2.75, 3.05) is 44.7 Å². The zero-order valence-electron chi connectivity index (χ0n) is 20.4. The molecule has 2 heterocycles. The normalized spacial score (nSPS) is 20.2. The van der Waals surface area contributed by atoms with Gasteiger partial charge in [0, 0.05) is 36.9 Å². The van der Waals surface area contributed by atoms with Gasteiger partial charge < -0.3 is 10.1 Å². The fourth-order valence-electron chi connectivity index (χ4n) is 4.61. The summed E-state index contributed by atoms with van der Waals surface area (Å²) in [5.41, 5.74) is 1.01. The Morgan fingerprint density at radius 2 is 1.50 bits per heavy atom. The maximum absolute atomic E-state index is 13.1. The number of nitrogens with zero attached hydrogens (tertiary/aromatic N) is 2. The second-order valence-electron chi connectivity index (χ2n) is 9.02. The first-order chi connectivity index (χ1) is 17.2. The molecular formula is C25H33N3O6S2. The van der Waals surface area contributed by atoms with E-state index in [2.05, 4.69) is 5.32 Å². The summed E-state index contributed by atoms with van der Waals surface area (Å²) in [6.07, 6.45) is 3.60. The Morgan fingerprint density at radius 3 is 2.14 bits per heavy atom. The van der Waals surface area contributed by atoms with E-state index >= 15 is 0 Å². The second kappa shape index (κ2) is 11.4. The van der Waals surface area contributed by atoms with Crippen LogP contribution in [0.4, 0.5) is 5.69 Å². The van der Waals surface area contributed by atoms with Gasteiger partial charge in [0.25, 0.3) is 0 Å². The number of morpholine rings is 1. The van der Waals surface area contributed by atoms with Crippen LogP contribution in [0.15, 0.2) is 58.3 Å². The van der Waals surface area contributed by atoms with Gasteiger partial charge in [0.2, 0.25) is 20.0 Å². The number of Topliss-reactive ketones (excluding diaryl/α,β-unsaturated/α-hetero) is 1. The van der Waals surface area contributed by atoms with E-state index in [-0.39, 0.29) is 28.2 Å². The van der Waals surface area contributed by atoms with Crippen molar-refractivity contribution in [1.29, 1.82) is 0 Å². The maximum Gasteiger partial charge on any atom is 0.243 e. The lowest BCUT2D eigenvalue weighted by Gasteiger charge is -2.34. The van der Waals surface area contributed by atoms with Gasteiger partial charge >= 0.3 is 0 Å². The molecular weight excluding hydrogens is 502 g/mol. The van der Waals surface area contributed by atoms with E-state index in [1.54, 1.807) is 28.6 Å². The summed E-state index contributed by atoms with van der Waals surface area (Å²) in [4.78, 5) is 13.0. The first-order valence-electron chi connectivity index (χ1n) is 12.3. The number of hydrogen-bond acceptors (Lipinski definition) is 7. The molecule has 9 nitrogen and oxygen atoms in total. The predicted octanol–water partition coefficient (Wildman–Crippen LogP) is 2.96. The van der Waals surface area contributed by atoms with Crippen LogP contribution in [0.2, 0.25) is 0 Å². The molecule has 0 amide bonds. The third-order valence-electron chi connectivity index (χ3n) is 6.74. The average molecular weight is 536 g/mol. The molecule has 196 valence electrons. The van der Waals surface area contributed by atoms with Gasteiger partial charge in [-0.1, -0.05) is 13.3 Å². The molecule has 0 radical (unpaired) electrons. The summed E-state index contributed by atoms with van der Waals surface area (Å²) in [5, 5.41) is 3.02. The van der Waals surface area contributed by atoms with E-state index < -0.39 is 20.0 Å². The molecule has 1 N–H and O–H groups in total. The van der Waals surface area contributed by atoms with Crippen LogP contribution in [0.5, 0.6) is 0 Å². The summed E-state index contributed by atoms with van der Waals surface area (Å²) >= 11 is 0. The van der Waals surface area contributed by atoms with Crippen LogP contribution in [-0.4, -0.2) is 76.7 Å². The summed E-state index contributed by atoms with van der Waals surface area (Å²) < 4.78 is 59.9. The number of ether oxygens (including phenoxy) is 1. The first kappa shape index (κ1) is 26.7. The number of sulfonamides is 2. The van der Waals surface area contributed by atoms with Crippen molar-refractivity contribution in [3.05, 3.63) is 54.1 Å². The number of ketones is 1. The van der Waals surface area contributed by atoms with Crippen LogP contribution in [0.3, 0.4) is 0 Å². The van der Waals surface area contributed by atoms with E-state index in [4.69, 9.17) is 4.74 Å². The largest absolute Gasteiger partial charge is 0.379 e. The van der Waals surface area contributed by atoms with Crippen molar-refractivity contribution >= 4 is 31.5 Å². The van der Waals surface area contributed by atoms with E-state index in [0.717, 1.165) is 25.7 Å². The highest BCUT2D eigenvalue weighted by molar-refractivity contribution is 7.89. The molecule has 2 aliphatic rings. The fourth-order valence-corrected chi connectivity index (χ4v) is 7.79. The Morgan fingerprint density at radius 1 is 0.889 bits per heavy atom. The van der Waals surface area contributed by atoms with Crippen LogP contribution >= 0.6 is 0 Å². The molecule has 2 fully saturated rings. The minimum atomic E-state index is -3.62. The van der Waals surface area contributed by atoms with Crippen LogP contribution in [0.1, 0.15) is 43.0 Å². The highest BCUT2D eigenvalue weighted by Gasteiger charge is 2.32. The Bertz CT molecular complexity index is 1260. The minimum Gasteiger partial charge on any atom is -0.379 e. The molecule has 11 heteroatoms. The molecule has 1 unspecified atom stereocenters. The third-order valence-corrected chi connectivity index (χ3v) is 10.6. The lowest BCUT2D eigenvalue weighted by molar-refractivity contribution is 0.0730. The topological polar surface area (TPSA) is 113 Å². The van der Waals surface area contributed by atoms with Gasteiger partial charge in [-0.2, -0.15) is 8.61 Å². The molecule has 0 spiro atoms. The lowest BCUT2D eigenvalue weighted by Crippen LogP contribution is -2.43. The Balaban J connectivity index is 1.36. The van der Waals surface area contributed by atoms with Gasteiger partial charge in [0.05, 0.1) is 29.5 Å². The Hall–Kier alpha value is -2.31. The molecule has 2 saturated heterocycles. The Kier molecular flexibility index (Phi) is 8.46. The van der Waals surface area contributed by atoms with Crippen molar-refractivity contribution in [3.63, 3.8) is 0 Å². The molecule has 4 rings (SSSR count). The average Bonchev–Trinajstić information content (AvgIpc) is 2.92. The van der Waals surface area contributed by atoms with E-state index in [1.807, 2.05) is 6.92 Å². The van der Waals surface area contributed by atoms with Crippen LogP contribution in [-0.2, 0) is 24.8 Å². The van der Waals surface area contributed by atoms with Crippen LogP contribution < -0.4 is 5.32 Å². The van der Waals surface area contributed by atoms with E-state index in [1.165, 1.54) is 28.6 Å². The highest BCUT2D eigenvalue weighted by atomic mass is 32.2. The predicted molar refractivity (Wildman–Crippen MR) is 137 cm³/mol. The van der Waals surface area contributed by atoms with E-state index in [0.29, 0.717) is 44.1 Å². The molecule has 2 aliphatic heterocycles. The molecule has 0 bridgehead atoms. The van der Waals surface area contributed by atoms with Crippen molar-refractivity contribution in [2.24, 2.45) is 0 Å². The number of nitrogens with one attached hydrogen (secondary N) is 1. The minimum absolute atomic E-state index is 0.00824. The molecule has 2 aromatic carbocycles. The third kappa shape index (κ3) is 5.81. The molecule has 0 saturated carbocycles. The monoisotopic (exact) mass is 535 g/mol. The summed E-state index contributed by atoms with van der Waals surface area (Å²) in [7, 11) is -7.18. The summed E-state index contributed by atoms with van der Waals surface area (Å²) in [6, 6.07) is 12.4. The molecule has 2 aromatic rings. The zero-order chi connectivity index (χ0) is 25.8. The molecule has 0 aliphatic carbocycles. The molecule has 36 heavy (non-hydrogen) atoms. The lowest BCUT2D eigenvalue weighted by atomic mass is 10.0. The fraction of sp³-hybridized carbons (Fsp3) is 0.480. The number of anilines is 1. The van der Waals surface area contributed by atoms with Crippen molar-refractivity contribution in [3.8, 4) is 0 Å². The SMILES string of the molecule is CCC1CCCCN1S(=O)(=O)c1ccc(NCC(=O)c2ccc(S(=O)(=O)N3CCOCC3)cc2)cc1. The number of piperidine rings is 1. The second-order valence-corrected chi connectivity index (χ2v) is 12.8. The van der Waals surface area contributed by atoms with Crippen molar-refractivity contribution in [2.45, 2.75) is 48.4 Å². The van der Waals surface area contributed by atoms with Gasteiger partial charge in [-0.15, -0.1) is 0 Å². The van der Waals surface area contributed by atoms with Gasteiger partial charge in [0.1, 0.15) is 0 Å². The Labute approximate surface area is 213 Å². The quantitative estimate of drug-likeness (QED) is 0.491. The summed E-state index contributed by atoms with van der Waals surface area (Å²) in [5.74, 6) is -0.207. The highest BCUT2D eigenvalue weighted by Crippen LogP contribution is 2.27. The van der Waals surface area contributed by atoms with Crippen LogP contribution in [0, 0.1) is 0 Å². The van der Waals surface area contributed by atoms with Gasteiger partial charge in [-0.05, 0) is 67.8 Å². The van der Waals surface area contributed by atoms with Gasteiger partial charge in [-0.25, -0.2) is 16.8 Å². The van der Waals surface area contributed by atoms with Crippen LogP contribution in [0.25, 0.3) is 0 Å². The molecule has 0 aromatic heterocycles. The first-order valence-corrected chi connectivity index (χ1v) is 15.2. The standard InChI is InChI=1S/C25H33N3O6S2/c1-2-22-5-3-4-14-28(22)36(32,33)24-12-8-21(9-13-24)26-19-25(29)20-6-10-23(11-7-20)35(30,31)27-15-17-34-18-16-27/h6-13,22,26H,2-5,14-19H2,1H3. The number of benzene rings is 2. The number of carbonyl (C=O) groups excluding carboxylic acids is 1. The smallest absolute Gasteiger partial charge is 0.243 e.